The SMILES string of the molecule is N#Cc1ccccc1-c1cccc(-c2ccc(-c3cccc(N4C(c5ccccc5)=NC4c4ccccc4)c3)c3ccccc23)c1. The van der Waals surface area contributed by atoms with Crippen LogP contribution in [0.3, 0.4) is 0 Å². The number of aliphatic imine (C=N–C) groups is 1. The lowest BCUT2D eigenvalue weighted by molar-refractivity contribution is 0.690. The molecule has 1 atom stereocenters. The van der Waals surface area contributed by atoms with Gasteiger partial charge in [-0.05, 0) is 74.0 Å². The van der Waals surface area contributed by atoms with Crippen molar-refractivity contribution in [3.8, 4) is 39.4 Å². The summed E-state index contributed by atoms with van der Waals surface area (Å²) >= 11 is 0. The van der Waals surface area contributed by atoms with Crippen LogP contribution in [0.4, 0.5) is 5.69 Å². The van der Waals surface area contributed by atoms with Crippen LogP contribution in [-0.4, -0.2) is 5.84 Å². The Kier molecular flexibility index (Phi) is 6.94. The predicted molar refractivity (Wildman–Crippen MR) is 190 cm³/mol. The summed E-state index contributed by atoms with van der Waals surface area (Å²) in [5, 5.41) is 12.1. The fraction of sp³-hybridized carbons (Fsp3) is 0.0233. The van der Waals surface area contributed by atoms with Crippen molar-refractivity contribution < 1.29 is 0 Å². The molecule has 1 unspecified atom stereocenters. The van der Waals surface area contributed by atoms with Gasteiger partial charge in [0.1, 0.15) is 5.84 Å². The Morgan fingerprint density at radius 3 is 1.72 bits per heavy atom. The molecular formula is C43H29N3. The molecule has 0 aromatic heterocycles. The van der Waals surface area contributed by atoms with Crippen molar-refractivity contribution >= 4 is 22.3 Å². The molecule has 7 aromatic carbocycles. The number of nitriles is 1. The molecule has 0 bridgehead atoms. The van der Waals surface area contributed by atoms with E-state index in [2.05, 4.69) is 144 Å². The fourth-order valence-corrected chi connectivity index (χ4v) is 6.52. The molecule has 216 valence electrons. The van der Waals surface area contributed by atoms with Crippen LogP contribution < -0.4 is 4.90 Å². The smallest absolute Gasteiger partial charge is 0.154 e. The molecule has 0 saturated carbocycles. The van der Waals surface area contributed by atoms with Crippen LogP contribution in [0.25, 0.3) is 44.2 Å². The van der Waals surface area contributed by atoms with E-state index in [4.69, 9.17) is 4.99 Å². The largest absolute Gasteiger partial charge is 0.299 e. The first-order chi connectivity index (χ1) is 22.8. The number of fused-ring (bicyclic) bond motifs is 1. The molecule has 0 fully saturated rings. The molecule has 0 spiro atoms. The second-order valence-corrected chi connectivity index (χ2v) is 11.5. The van der Waals surface area contributed by atoms with Crippen molar-refractivity contribution in [3.05, 3.63) is 187 Å². The van der Waals surface area contributed by atoms with Crippen molar-refractivity contribution in [2.24, 2.45) is 4.99 Å². The minimum Gasteiger partial charge on any atom is -0.299 e. The molecule has 0 N–H and O–H groups in total. The van der Waals surface area contributed by atoms with Gasteiger partial charge in [-0.2, -0.15) is 5.26 Å². The molecule has 1 heterocycles. The highest BCUT2D eigenvalue weighted by Gasteiger charge is 2.34. The maximum absolute atomic E-state index is 9.70. The molecule has 0 aliphatic carbocycles. The first kappa shape index (κ1) is 27.3. The lowest BCUT2D eigenvalue weighted by Crippen LogP contribution is -2.43. The number of anilines is 1. The summed E-state index contributed by atoms with van der Waals surface area (Å²) in [6.45, 7) is 0. The Morgan fingerprint density at radius 1 is 0.478 bits per heavy atom. The summed E-state index contributed by atoms with van der Waals surface area (Å²) in [6.07, 6.45) is -0.0794. The minimum atomic E-state index is -0.0794. The molecule has 46 heavy (non-hydrogen) atoms. The Morgan fingerprint density at radius 2 is 1.02 bits per heavy atom. The summed E-state index contributed by atoms with van der Waals surface area (Å²) in [5.74, 6) is 0.977. The standard InChI is InChI=1S/C43H29N3/c44-29-35-17-7-8-22-37(35)32-18-11-19-33(27-32)38-25-26-39(41-24-10-9-23-40(38)41)34-20-12-21-36(28-34)46-42(30-13-3-1-4-14-30)45-43(46)31-15-5-2-6-16-31/h1-28,42H. The van der Waals surface area contributed by atoms with Gasteiger partial charge in [0.2, 0.25) is 0 Å². The Labute approximate surface area is 269 Å². The Bertz CT molecular complexity index is 2280. The minimum absolute atomic E-state index is 0.0794. The van der Waals surface area contributed by atoms with Gasteiger partial charge in [-0.25, -0.2) is 4.99 Å². The second kappa shape index (κ2) is 11.7. The number of hydrogen-bond donors (Lipinski definition) is 0. The highest BCUT2D eigenvalue weighted by molar-refractivity contribution is 6.14. The van der Waals surface area contributed by atoms with E-state index in [0.717, 1.165) is 44.9 Å². The predicted octanol–water partition coefficient (Wildman–Crippen LogP) is 10.7. The maximum Gasteiger partial charge on any atom is 0.154 e. The molecule has 8 rings (SSSR count). The van der Waals surface area contributed by atoms with Crippen LogP contribution in [0.5, 0.6) is 0 Å². The lowest BCUT2D eigenvalue weighted by atomic mass is 9.90. The summed E-state index contributed by atoms with van der Waals surface area (Å²) in [6, 6.07) is 61.4. The third-order valence-electron chi connectivity index (χ3n) is 8.74. The fourth-order valence-electron chi connectivity index (χ4n) is 6.52. The van der Waals surface area contributed by atoms with E-state index < -0.39 is 0 Å². The van der Waals surface area contributed by atoms with Gasteiger partial charge in [0.15, 0.2) is 6.17 Å². The lowest BCUT2D eigenvalue weighted by Gasteiger charge is -2.41. The molecule has 1 aliphatic rings. The van der Waals surface area contributed by atoms with E-state index in [-0.39, 0.29) is 6.17 Å². The number of rotatable bonds is 6. The molecule has 1 aliphatic heterocycles. The summed E-state index contributed by atoms with van der Waals surface area (Å²) in [7, 11) is 0. The number of nitrogens with zero attached hydrogens (tertiary/aromatic N) is 3. The zero-order chi connectivity index (χ0) is 30.9. The van der Waals surface area contributed by atoms with Crippen LogP contribution in [-0.2, 0) is 0 Å². The van der Waals surface area contributed by atoms with Gasteiger partial charge >= 0.3 is 0 Å². The maximum atomic E-state index is 9.70. The van der Waals surface area contributed by atoms with Crippen molar-refractivity contribution in [2.75, 3.05) is 4.90 Å². The van der Waals surface area contributed by atoms with Gasteiger partial charge < -0.3 is 0 Å². The first-order valence-electron chi connectivity index (χ1n) is 15.5. The van der Waals surface area contributed by atoms with Gasteiger partial charge in [0.05, 0.1) is 11.6 Å². The van der Waals surface area contributed by atoms with Crippen LogP contribution >= 0.6 is 0 Å². The van der Waals surface area contributed by atoms with Gasteiger partial charge in [0.25, 0.3) is 0 Å². The van der Waals surface area contributed by atoms with Crippen LogP contribution in [0, 0.1) is 11.3 Å². The number of hydrogen-bond acceptors (Lipinski definition) is 3. The van der Waals surface area contributed by atoms with Crippen LogP contribution in [0.2, 0.25) is 0 Å². The van der Waals surface area contributed by atoms with E-state index in [9.17, 15) is 5.26 Å². The van der Waals surface area contributed by atoms with E-state index >= 15 is 0 Å². The summed E-state index contributed by atoms with van der Waals surface area (Å²) in [4.78, 5) is 7.42. The van der Waals surface area contributed by atoms with E-state index in [1.807, 2.05) is 36.4 Å². The van der Waals surface area contributed by atoms with Crippen LogP contribution in [0.1, 0.15) is 22.9 Å². The molecule has 0 saturated heterocycles. The van der Waals surface area contributed by atoms with Crippen molar-refractivity contribution in [2.45, 2.75) is 6.17 Å². The van der Waals surface area contributed by atoms with E-state index in [1.54, 1.807) is 0 Å². The molecule has 0 amide bonds. The molecule has 3 nitrogen and oxygen atoms in total. The van der Waals surface area contributed by atoms with Gasteiger partial charge in [-0.1, -0.05) is 146 Å². The van der Waals surface area contributed by atoms with Crippen molar-refractivity contribution in [1.82, 2.24) is 0 Å². The molecule has 7 aromatic rings. The highest BCUT2D eigenvalue weighted by Crippen LogP contribution is 2.41. The monoisotopic (exact) mass is 587 g/mol. The van der Waals surface area contributed by atoms with Crippen LogP contribution in [0.15, 0.2) is 175 Å². The third-order valence-corrected chi connectivity index (χ3v) is 8.74. The number of benzene rings is 7. The summed E-state index contributed by atoms with van der Waals surface area (Å²) in [5.41, 5.74) is 10.7. The Hall–Kier alpha value is -6.24. The second-order valence-electron chi connectivity index (χ2n) is 11.5. The Balaban J connectivity index is 1.21. The van der Waals surface area contributed by atoms with Gasteiger partial charge in [-0.3, -0.25) is 4.90 Å². The van der Waals surface area contributed by atoms with E-state index in [0.29, 0.717) is 5.56 Å². The quantitative estimate of drug-likeness (QED) is 0.194. The topological polar surface area (TPSA) is 39.4 Å². The van der Waals surface area contributed by atoms with Crippen molar-refractivity contribution in [1.29, 1.82) is 5.26 Å². The molecular weight excluding hydrogens is 558 g/mol. The highest BCUT2D eigenvalue weighted by atomic mass is 15.4. The van der Waals surface area contributed by atoms with Gasteiger partial charge in [-0.15, -0.1) is 0 Å². The average molecular weight is 588 g/mol. The number of amidine groups is 1. The van der Waals surface area contributed by atoms with Gasteiger partial charge in [0, 0.05) is 11.3 Å². The van der Waals surface area contributed by atoms with Crippen molar-refractivity contribution in [3.63, 3.8) is 0 Å². The first-order valence-corrected chi connectivity index (χ1v) is 15.5. The average Bonchev–Trinajstić information content (AvgIpc) is 3.12. The normalized spacial score (nSPS) is 13.9. The zero-order valence-corrected chi connectivity index (χ0v) is 25.1. The van der Waals surface area contributed by atoms with E-state index in [1.165, 1.54) is 21.9 Å². The molecule has 0 radical (unpaired) electrons. The summed E-state index contributed by atoms with van der Waals surface area (Å²) < 4.78 is 0. The zero-order valence-electron chi connectivity index (χ0n) is 25.1. The molecule has 3 heteroatoms. The third kappa shape index (κ3) is 4.83.